The number of piperidine rings is 1. The van der Waals surface area contributed by atoms with E-state index in [9.17, 15) is 9.59 Å². The number of anilines is 2. The van der Waals surface area contributed by atoms with Crippen LogP contribution in [0.15, 0.2) is 12.3 Å². The van der Waals surface area contributed by atoms with Crippen LogP contribution in [0.25, 0.3) is 0 Å². The minimum Gasteiger partial charge on any atom is -0.397 e. The Hall–Kier alpha value is -2.31. The van der Waals surface area contributed by atoms with Crippen molar-refractivity contribution in [2.45, 2.75) is 25.8 Å². The molecule has 0 aliphatic carbocycles. The fraction of sp³-hybridized carbons (Fsp3) is 0.462. The van der Waals surface area contributed by atoms with Crippen LogP contribution in [0.4, 0.5) is 11.5 Å². The molecule has 2 unspecified atom stereocenters. The molecule has 0 spiro atoms. The van der Waals surface area contributed by atoms with E-state index < -0.39 is 5.91 Å². The van der Waals surface area contributed by atoms with Gasteiger partial charge < -0.3 is 22.1 Å². The van der Waals surface area contributed by atoms with Gasteiger partial charge in [0, 0.05) is 12.6 Å². The van der Waals surface area contributed by atoms with Crippen LogP contribution < -0.4 is 22.1 Å². The van der Waals surface area contributed by atoms with Gasteiger partial charge in [-0.1, -0.05) is 0 Å². The monoisotopic (exact) mass is 277 g/mol. The molecule has 1 saturated heterocycles. The van der Waals surface area contributed by atoms with Crippen molar-refractivity contribution in [3.05, 3.63) is 17.8 Å². The summed E-state index contributed by atoms with van der Waals surface area (Å²) < 4.78 is 0. The molecule has 7 nitrogen and oxygen atoms in total. The van der Waals surface area contributed by atoms with Gasteiger partial charge in [0.25, 0.3) is 5.91 Å². The van der Waals surface area contributed by atoms with E-state index in [4.69, 9.17) is 17.2 Å². The van der Waals surface area contributed by atoms with Crippen LogP contribution in [-0.4, -0.2) is 29.4 Å². The van der Waals surface area contributed by atoms with Crippen LogP contribution in [0.3, 0.4) is 0 Å². The number of nitrogen functional groups attached to an aromatic ring is 1. The molecule has 6 N–H and O–H groups in total. The molecular formula is C13H19N5O2. The normalized spacial score (nSPS) is 22.6. The molecule has 108 valence electrons. The molecular weight excluding hydrogens is 258 g/mol. The van der Waals surface area contributed by atoms with Gasteiger partial charge >= 0.3 is 0 Å². The van der Waals surface area contributed by atoms with Gasteiger partial charge in [-0.3, -0.25) is 9.59 Å². The van der Waals surface area contributed by atoms with E-state index in [-0.39, 0.29) is 29.1 Å². The van der Waals surface area contributed by atoms with Gasteiger partial charge in [-0.15, -0.1) is 0 Å². The third kappa shape index (κ3) is 2.66. The number of primary amides is 2. The summed E-state index contributed by atoms with van der Waals surface area (Å²) in [4.78, 5) is 28.9. The van der Waals surface area contributed by atoms with Crippen molar-refractivity contribution < 1.29 is 9.59 Å². The maximum absolute atomic E-state index is 11.3. The third-order valence-electron chi connectivity index (χ3n) is 3.76. The summed E-state index contributed by atoms with van der Waals surface area (Å²) >= 11 is 0. The lowest BCUT2D eigenvalue weighted by Gasteiger charge is -2.37. The van der Waals surface area contributed by atoms with Crippen molar-refractivity contribution >= 4 is 23.3 Å². The Morgan fingerprint density at radius 1 is 1.35 bits per heavy atom. The maximum Gasteiger partial charge on any atom is 0.250 e. The average molecular weight is 277 g/mol. The zero-order chi connectivity index (χ0) is 14.9. The standard InChI is InChI=1S/C13H19N5O2/c1-7-2-3-8(12(15)19)6-18(7)11-4-9(13(16)20)10(14)5-17-11/h4-5,7-8H,2-3,6,14H2,1H3,(H2,15,19)(H2,16,20). The highest BCUT2D eigenvalue weighted by Gasteiger charge is 2.29. The molecule has 2 rings (SSSR count). The van der Waals surface area contributed by atoms with Gasteiger partial charge in [0.1, 0.15) is 5.82 Å². The van der Waals surface area contributed by atoms with Gasteiger partial charge in [-0.05, 0) is 25.8 Å². The number of carbonyl (C=O) groups excluding carboxylic acids is 2. The van der Waals surface area contributed by atoms with Crippen molar-refractivity contribution in [2.24, 2.45) is 17.4 Å². The second kappa shape index (κ2) is 5.36. The van der Waals surface area contributed by atoms with Crippen LogP contribution in [0, 0.1) is 5.92 Å². The number of amides is 2. The van der Waals surface area contributed by atoms with Crippen molar-refractivity contribution in [3.8, 4) is 0 Å². The highest BCUT2D eigenvalue weighted by Crippen LogP contribution is 2.27. The van der Waals surface area contributed by atoms with E-state index in [0.717, 1.165) is 12.8 Å². The van der Waals surface area contributed by atoms with Crippen molar-refractivity contribution in [1.82, 2.24) is 4.98 Å². The summed E-state index contributed by atoms with van der Waals surface area (Å²) in [7, 11) is 0. The highest BCUT2D eigenvalue weighted by atomic mass is 16.1. The molecule has 1 aliphatic rings. The highest BCUT2D eigenvalue weighted by molar-refractivity contribution is 5.98. The van der Waals surface area contributed by atoms with Gasteiger partial charge in [0.15, 0.2) is 0 Å². The van der Waals surface area contributed by atoms with Crippen molar-refractivity contribution in [2.75, 3.05) is 17.2 Å². The first-order valence-electron chi connectivity index (χ1n) is 6.51. The van der Waals surface area contributed by atoms with E-state index in [1.165, 1.54) is 6.20 Å². The molecule has 7 heteroatoms. The smallest absolute Gasteiger partial charge is 0.250 e. The third-order valence-corrected chi connectivity index (χ3v) is 3.76. The van der Waals surface area contributed by atoms with E-state index in [1.807, 2.05) is 11.8 Å². The van der Waals surface area contributed by atoms with Gasteiger partial charge in [0.05, 0.1) is 23.4 Å². The van der Waals surface area contributed by atoms with E-state index >= 15 is 0 Å². The van der Waals surface area contributed by atoms with Crippen molar-refractivity contribution in [1.29, 1.82) is 0 Å². The second-order valence-electron chi connectivity index (χ2n) is 5.17. The lowest BCUT2D eigenvalue weighted by Crippen LogP contribution is -2.46. The van der Waals surface area contributed by atoms with E-state index in [0.29, 0.717) is 12.4 Å². The summed E-state index contributed by atoms with van der Waals surface area (Å²) in [5.74, 6) is -0.524. The lowest BCUT2D eigenvalue weighted by atomic mass is 9.93. The molecule has 1 aromatic rings. The Morgan fingerprint density at radius 2 is 2.05 bits per heavy atom. The topological polar surface area (TPSA) is 128 Å². The van der Waals surface area contributed by atoms with Gasteiger partial charge in [-0.25, -0.2) is 4.98 Å². The molecule has 1 fully saturated rings. The largest absolute Gasteiger partial charge is 0.397 e. The molecule has 0 bridgehead atoms. The summed E-state index contributed by atoms with van der Waals surface area (Å²) in [5, 5.41) is 0. The molecule has 2 atom stereocenters. The number of carbonyl (C=O) groups is 2. The summed E-state index contributed by atoms with van der Waals surface area (Å²) in [6.07, 6.45) is 3.02. The Bertz CT molecular complexity index is 546. The zero-order valence-corrected chi connectivity index (χ0v) is 11.4. The molecule has 2 amide bonds. The van der Waals surface area contributed by atoms with E-state index in [2.05, 4.69) is 4.98 Å². The molecule has 20 heavy (non-hydrogen) atoms. The summed E-state index contributed by atoms with van der Waals surface area (Å²) in [6, 6.07) is 1.78. The maximum atomic E-state index is 11.3. The predicted molar refractivity (Wildman–Crippen MR) is 75.9 cm³/mol. The average Bonchev–Trinajstić information content (AvgIpc) is 2.39. The van der Waals surface area contributed by atoms with Gasteiger partial charge in [0.2, 0.25) is 5.91 Å². The zero-order valence-electron chi connectivity index (χ0n) is 11.4. The molecule has 0 saturated carbocycles. The Labute approximate surface area is 117 Å². The Kier molecular flexibility index (Phi) is 3.78. The predicted octanol–water partition coefficient (Wildman–Crippen LogP) is -0.147. The number of nitrogens with two attached hydrogens (primary N) is 3. The fourth-order valence-electron chi connectivity index (χ4n) is 2.48. The molecule has 1 aromatic heterocycles. The first-order valence-corrected chi connectivity index (χ1v) is 6.51. The lowest BCUT2D eigenvalue weighted by molar-refractivity contribution is -0.122. The number of aromatic nitrogens is 1. The summed E-state index contributed by atoms with van der Waals surface area (Å²) in [5.41, 5.74) is 16.8. The van der Waals surface area contributed by atoms with Crippen LogP contribution in [0.5, 0.6) is 0 Å². The Balaban J connectivity index is 2.31. The first kappa shape index (κ1) is 14.1. The van der Waals surface area contributed by atoms with Crippen LogP contribution in [0.2, 0.25) is 0 Å². The van der Waals surface area contributed by atoms with Gasteiger partial charge in [-0.2, -0.15) is 0 Å². The molecule has 2 heterocycles. The van der Waals surface area contributed by atoms with Crippen LogP contribution in [0.1, 0.15) is 30.1 Å². The number of nitrogens with zero attached hydrogens (tertiary/aromatic N) is 2. The SMILES string of the molecule is CC1CCC(C(N)=O)CN1c1cc(C(N)=O)c(N)cn1. The minimum absolute atomic E-state index is 0.206. The van der Waals surface area contributed by atoms with E-state index in [1.54, 1.807) is 6.07 Å². The number of hydrogen-bond donors (Lipinski definition) is 3. The summed E-state index contributed by atoms with van der Waals surface area (Å²) in [6.45, 7) is 2.53. The minimum atomic E-state index is -0.595. The quantitative estimate of drug-likeness (QED) is 0.708. The molecule has 0 radical (unpaired) electrons. The Morgan fingerprint density at radius 3 is 2.65 bits per heavy atom. The van der Waals surface area contributed by atoms with Crippen LogP contribution in [-0.2, 0) is 4.79 Å². The molecule has 1 aliphatic heterocycles. The van der Waals surface area contributed by atoms with Crippen molar-refractivity contribution in [3.63, 3.8) is 0 Å². The fourth-order valence-corrected chi connectivity index (χ4v) is 2.48. The number of pyridine rings is 1. The second-order valence-corrected chi connectivity index (χ2v) is 5.17. The molecule has 0 aromatic carbocycles. The van der Waals surface area contributed by atoms with Crippen LogP contribution >= 0.6 is 0 Å². The number of rotatable bonds is 3. The first-order chi connectivity index (χ1) is 9.40. The number of hydrogen-bond acceptors (Lipinski definition) is 5.